The van der Waals surface area contributed by atoms with Crippen molar-refractivity contribution in [2.24, 2.45) is 5.92 Å². The second kappa shape index (κ2) is 9.69. The van der Waals surface area contributed by atoms with E-state index >= 15 is 0 Å². The summed E-state index contributed by atoms with van der Waals surface area (Å²) in [4.78, 5) is 20.7. The number of fused-ring (bicyclic) bond motifs is 1. The fraction of sp³-hybridized carbons (Fsp3) is 0.444. The van der Waals surface area contributed by atoms with Gasteiger partial charge < -0.3 is 14.7 Å². The predicted molar refractivity (Wildman–Crippen MR) is 138 cm³/mol. The summed E-state index contributed by atoms with van der Waals surface area (Å²) in [5.41, 5.74) is 4.10. The molecule has 1 amide bonds. The van der Waals surface area contributed by atoms with Crippen molar-refractivity contribution in [1.29, 1.82) is 0 Å². The van der Waals surface area contributed by atoms with E-state index in [9.17, 15) is 4.79 Å². The van der Waals surface area contributed by atoms with Gasteiger partial charge in [-0.1, -0.05) is 54.2 Å². The second-order valence-electron chi connectivity index (χ2n) is 9.61. The molecule has 0 radical (unpaired) electrons. The number of halogens is 2. The van der Waals surface area contributed by atoms with Crippen molar-refractivity contribution in [3.63, 3.8) is 0 Å². The fourth-order valence-electron chi connectivity index (χ4n) is 5.64. The first kappa shape index (κ1) is 22.8. The number of nitrogens with zero attached hydrogens (tertiary/aromatic N) is 3. The van der Waals surface area contributed by atoms with Crippen LogP contribution < -0.4 is 9.80 Å². The third kappa shape index (κ3) is 4.66. The largest absolute Gasteiger partial charge is 0.368 e. The summed E-state index contributed by atoms with van der Waals surface area (Å²) in [6.45, 7) is 4.12. The second-order valence-corrected chi connectivity index (χ2v) is 10.4. The Morgan fingerprint density at radius 2 is 1.70 bits per heavy atom. The highest BCUT2D eigenvalue weighted by atomic mass is 35.5. The van der Waals surface area contributed by atoms with Gasteiger partial charge in [0.25, 0.3) is 5.91 Å². The standard InChI is InChI=1S/C27H31Cl2N3O/c1-30-12-14-31(15-13-30)25-8-4-2-6-19(25)16-21-17-20-7-3-5-9-26(20)32(27(21)33)22-10-11-23(28)24(29)18-22/h2,4,6,8,10-11,16,18,20,26H,3,5,7,9,12-15,17H2,1H3. The van der Waals surface area contributed by atoms with E-state index in [-0.39, 0.29) is 11.9 Å². The van der Waals surface area contributed by atoms with Gasteiger partial charge in [-0.15, -0.1) is 0 Å². The number of hydrogen-bond donors (Lipinski definition) is 0. The fourth-order valence-corrected chi connectivity index (χ4v) is 5.93. The van der Waals surface area contributed by atoms with Crippen LogP contribution in [0.1, 0.15) is 37.7 Å². The lowest BCUT2D eigenvalue weighted by atomic mass is 9.76. The quantitative estimate of drug-likeness (QED) is 0.491. The summed E-state index contributed by atoms with van der Waals surface area (Å²) in [6.07, 6.45) is 7.59. The molecule has 33 heavy (non-hydrogen) atoms. The number of amides is 1. The summed E-state index contributed by atoms with van der Waals surface area (Å²) in [7, 11) is 2.17. The molecule has 2 atom stereocenters. The molecule has 2 aliphatic heterocycles. The van der Waals surface area contributed by atoms with E-state index in [1.165, 1.54) is 12.1 Å². The van der Waals surface area contributed by atoms with E-state index < -0.39 is 0 Å². The van der Waals surface area contributed by atoms with Crippen LogP contribution in [0, 0.1) is 5.92 Å². The van der Waals surface area contributed by atoms with E-state index in [0.29, 0.717) is 16.0 Å². The number of benzene rings is 2. The van der Waals surface area contributed by atoms with Crippen molar-refractivity contribution in [1.82, 2.24) is 4.90 Å². The molecule has 3 fully saturated rings. The van der Waals surface area contributed by atoms with Crippen molar-refractivity contribution >= 4 is 46.6 Å². The van der Waals surface area contributed by atoms with Crippen molar-refractivity contribution in [2.75, 3.05) is 43.0 Å². The van der Waals surface area contributed by atoms with Crippen LogP contribution in [0.3, 0.4) is 0 Å². The molecule has 3 aliphatic rings. The molecule has 4 nitrogen and oxygen atoms in total. The topological polar surface area (TPSA) is 26.8 Å². The van der Waals surface area contributed by atoms with Gasteiger partial charge in [0.2, 0.25) is 0 Å². The first-order chi connectivity index (χ1) is 16.0. The van der Waals surface area contributed by atoms with Crippen molar-refractivity contribution in [3.8, 4) is 0 Å². The molecule has 0 bridgehead atoms. The first-order valence-electron chi connectivity index (χ1n) is 12.0. The zero-order chi connectivity index (χ0) is 22.9. The average molecular weight is 484 g/mol. The number of piperazine rings is 1. The van der Waals surface area contributed by atoms with Gasteiger partial charge in [0.05, 0.1) is 10.0 Å². The molecule has 1 aliphatic carbocycles. The van der Waals surface area contributed by atoms with E-state index in [1.807, 2.05) is 17.0 Å². The number of carbonyl (C=O) groups is 1. The molecule has 2 aromatic carbocycles. The van der Waals surface area contributed by atoms with Gasteiger partial charge >= 0.3 is 0 Å². The molecule has 0 N–H and O–H groups in total. The lowest BCUT2D eigenvalue weighted by Gasteiger charge is -2.45. The molecule has 6 heteroatoms. The molecule has 174 valence electrons. The summed E-state index contributed by atoms with van der Waals surface area (Å²) in [5.74, 6) is 0.581. The van der Waals surface area contributed by atoms with Gasteiger partial charge in [0.1, 0.15) is 0 Å². The van der Waals surface area contributed by atoms with E-state index in [0.717, 1.165) is 68.7 Å². The van der Waals surface area contributed by atoms with Crippen LogP contribution in [0.15, 0.2) is 48.0 Å². The Balaban J connectivity index is 1.51. The Hall–Kier alpha value is -2.01. The number of piperidine rings is 1. The molecular weight excluding hydrogens is 453 g/mol. The highest BCUT2D eigenvalue weighted by molar-refractivity contribution is 6.42. The van der Waals surface area contributed by atoms with Gasteiger partial charge in [-0.3, -0.25) is 4.79 Å². The third-order valence-corrected chi connectivity index (χ3v) is 8.21. The van der Waals surface area contributed by atoms with Crippen molar-refractivity contribution < 1.29 is 4.79 Å². The van der Waals surface area contributed by atoms with Crippen LogP contribution in [0.5, 0.6) is 0 Å². The summed E-state index contributed by atoms with van der Waals surface area (Å²) in [6, 6.07) is 14.3. The number of likely N-dealkylation sites (N-methyl/N-ethyl adjacent to an activating group) is 1. The molecule has 2 heterocycles. The van der Waals surface area contributed by atoms with Crippen LogP contribution in [0.25, 0.3) is 6.08 Å². The molecule has 2 aromatic rings. The highest BCUT2D eigenvalue weighted by Crippen LogP contribution is 2.42. The highest BCUT2D eigenvalue weighted by Gasteiger charge is 2.40. The van der Waals surface area contributed by atoms with Crippen LogP contribution >= 0.6 is 23.2 Å². The maximum atomic E-state index is 13.9. The molecule has 0 aromatic heterocycles. The Morgan fingerprint density at radius 3 is 2.48 bits per heavy atom. The van der Waals surface area contributed by atoms with E-state index in [1.54, 1.807) is 6.07 Å². The molecule has 2 saturated heterocycles. The maximum absolute atomic E-state index is 13.9. The predicted octanol–water partition coefficient (Wildman–Crippen LogP) is 6.12. The Kier molecular flexibility index (Phi) is 6.69. The normalized spacial score (nSPS) is 25.4. The van der Waals surface area contributed by atoms with Crippen LogP contribution in [-0.4, -0.2) is 50.1 Å². The number of para-hydroxylation sites is 1. The molecule has 2 unspecified atom stereocenters. The Morgan fingerprint density at radius 1 is 0.939 bits per heavy atom. The van der Waals surface area contributed by atoms with Crippen LogP contribution in [0.4, 0.5) is 11.4 Å². The van der Waals surface area contributed by atoms with Gasteiger partial charge in [-0.2, -0.15) is 0 Å². The molecule has 1 saturated carbocycles. The monoisotopic (exact) mass is 483 g/mol. The zero-order valence-electron chi connectivity index (χ0n) is 19.1. The first-order valence-corrected chi connectivity index (χ1v) is 12.8. The number of rotatable bonds is 3. The zero-order valence-corrected chi connectivity index (χ0v) is 20.7. The minimum absolute atomic E-state index is 0.102. The van der Waals surface area contributed by atoms with Crippen molar-refractivity contribution in [3.05, 3.63) is 63.6 Å². The Bertz CT molecular complexity index is 1060. The average Bonchev–Trinajstić information content (AvgIpc) is 2.83. The third-order valence-electron chi connectivity index (χ3n) is 7.47. The SMILES string of the molecule is CN1CCN(c2ccccc2C=C2CC3CCCCC3N(c3ccc(Cl)c(Cl)c3)C2=O)CC1. The minimum Gasteiger partial charge on any atom is -0.368 e. The minimum atomic E-state index is 0.102. The lowest BCUT2D eigenvalue weighted by molar-refractivity contribution is -0.117. The summed E-state index contributed by atoms with van der Waals surface area (Å²) >= 11 is 12.5. The van der Waals surface area contributed by atoms with Gasteiger partial charge in [0, 0.05) is 49.2 Å². The maximum Gasteiger partial charge on any atom is 0.254 e. The smallest absolute Gasteiger partial charge is 0.254 e. The van der Waals surface area contributed by atoms with Crippen molar-refractivity contribution in [2.45, 2.75) is 38.1 Å². The van der Waals surface area contributed by atoms with Crippen LogP contribution in [0.2, 0.25) is 10.0 Å². The van der Waals surface area contributed by atoms with Gasteiger partial charge in [-0.25, -0.2) is 0 Å². The molecule has 5 rings (SSSR count). The number of anilines is 2. The summed E-state index contributed by atoms with van der Waals surface area (Å²) < 4.78 is 0. The Labute approximate surface area is 206 Å². The lowest BCUT2D eigenvalue weighted by Crippen LogP contribution is -2.51. The van der Waals surface area contributed by atoms with Gasteiger partial charge in [0.15, 0.2) is 0 Å². The molecule has 0 spiro atoms. The van der Waals surface area contributed by atoms with Gasteiger partial charge in [-0.05, 0) is 68.1 Å². The number of carbonyl (C=O) groups excluding carboxylic acids is 1. The summed E-state index contributed by atoms with van der Waals surface area (Å²) in [5, 5.41) is 1.01. The van der Waals surface area contributed by atoms with Crippen LogP contribution in [-0.2, 0) is 4.79 Å². The number of hydrogen-bond acceptors (Lipinski definition) is 3. The van der Waals surface area contributed by atoms with E-state index in [4.69, 9.17) is 23.2 Å². The molecular formula is C27H31Cl2N3O. The van der Waals surface area contributed by atoms with E-state index in [2.05, 4.69) is 47.2 Å².